The SMILES string of the molecule is CN(C(=O)[C@@H]1CNC(=O)N1c1cc(C(F)(F)F)c2c(n1)CCC2=O)c1ccc(F)c(Cl)c1F. The summed E-state index contributed by atoms with van der Waals surface area (Å²) in [5.41, 5.74) is -2.32. The Hall–Kier alpha value is -3.28. The molecule has 1 N–H and O–H groups in total. The van der Waals surface area contributed by atoms with Crippen LogP contribution < -0.4 is 15.1 Å². The molecule has 33 heavy (non-hydrogen) atoms. The summed E-state index contributed by atoms with van der Waals surface area (Å²) in [6.45, 7) is -0.308. The summed E-state index contributed by atoms with van der Waals surface area (Å²) in [4.78, 5) is 43.0. The molecule has 1 aliphatic carbocycles. The number of carbonyl (C=O) groups is 3. The number of nitrogens with zero attached hydrogens (tertiary/aromatic N) is 3. The predicted molar refractivity (Wildman–Crippen MR) is 106 cm³/mol. The van der Waals surface area contributed by atoms with Crippen molar-refractivity contribution in [3.63, 3.8) is 0 Å². The van der Waals surface area contributed by atoms with Gasteiger partial charge in [-0.05, 0) is 24.6 Å². The van der Waals surface area contributed by atoms with Gasteiger partial charge >= 0.3 is 12.2 Å². The second-order valence-electron chi connectivity index (χ2n) is 7.43. The summed E-state index contributed by atoms with van der Waals surface area (Å²) in [6, 6.07) is 0.0560. The summed E-state index contributed by atoms with van der Waals surface area (Å²) in [7, 11) is 1.14. The van der Waals surface area contributed by atoms with E-state index in [1.807, 2.05) is 0 Å². The average molecular weight is 489 g/mol. The first-order chi connectivity index (χ1) is 15.4. The van der Waals surface area contributed by atoms with Gasteiger partial charge in [-0.3, -0.25) is 14.5 Å². The number of amides is 3. The minimum Gasteiger partial charge on any atom is -0.335 e. The van der Waals surface area contributed by atoms with E-state index < -0.39 is 69.2 Å². The first-order valence-corrected chi connectivity index (χ1v) is 9.92. The van der Waals surface area contributed by atoms with Crippen molar-refractivity contribution in [1.82, 2.24) is 10.3 Å². The lowest BCUT2D eigenvalue weighted by Crippen LogP contribution is -2.47. The lowest BCUT2D eigenvalue weighted by molar-refractivity contribution is -0.137. The number of likely N-dealkylation sites (N-methyl/N-ethyl adjacent to an activating group) is 1. The number of pyridine rings is 1. The highest BCUT2D eigenvalue weighted by atomic mass is 35.5. The van der Waals surface area contributed by atoms with Crippen LogP contribution in [0.4, 0.5) is 38.3 Å². The van der Waals surface area contributed by atoms with Gasteiger partial charge in [0.15, 0.2) is 11.6 Å². The quantitative estimate of drug-likeness (QED) is 0.527. The Labute approximate surface area is 188 Å². The zero-order valence-corrected chi connectivity index (χ0v) is 17.5. The number of nitrogens with one attached hydrogen (secondary N) is 1. The fourth-order valence-electron chi connectivity index (χ4n) is 3.86. The summed E-state index contributed by atoms with van der Waals surface area (Å²) in [5.74, 6) is -4.34. The molecule has 1 aromatic carbocycles. The monoisotopic (exact) mass is 488 g/mol. The van der Waals surface area contributed by atoms with Crippen molar-refractivity contribution >= 4 is 40.8 Å². The lowest BCUT2D eigenvalue weighted by atomic mass is 10.1. The van der Waals surface area contributed by atoms with E-state index in [4.69, 9.17) is 11.6 Å². The highest BCUT2D eigenvalue weighted by molar-refractivity contribution is 6.31. The van der Waals surface area contributed by atoms with E-state index in [9.17, 15) is 36.3 Å². The van der Waals surface area contributed by atoms with Crippen LogP contribution >= 0.6 is 11.6 Å². The number of aromatic nitrogens is 1. The van der Waals surface area contributed by atoms with Gasteiger partial charge in [-0.2, -0.15) is 13.2 Å². The van der Waals surface area contributed by atoms with Gasteiger partial charge in [-0.1, -0.05) is 11.6 Å². The second kappa shape index (κ2) is 7.94. The number of fused-ring (bicyclic) bond motifs is 1. The van der Waals surface area contributed by atoms with Crippen molar-refractivity contribution < 1.29 is 36.3 Å². The van der Waals surface area contributed by atoms with Gasteiger partial charge in [0.1, 0.15) is 22.7 Å². The molecule has 2 aromatic rings. The Balaban J connectivity index is 1.75. The summed E-state index contributed by atoms with van der Waals surface area (Å²) < 4.78 is 68.8. The van der Waals surface area contributed by atoms with Crippen LogP contribution in [0, 0.1) is 11.6 Å². The maximum absolute atomic E-state index is 14.4. The molecule has 4 rings (SSSR count). The van der Waals surface area contributed by atoms with Crippen LogP contribution in [0.3, 0.4) is 0 Å². The Morgan fingerprint density at radius 3 is 2.61 bits per heavy atom. The Morgan fingerprint density at radius 1 is 1.24 bits per heavy atom. The standard InChI is InChI=1S/C20H14ClF5N4O3/c1-29(11-4-2-9(22)16(21)17(11)23)18(32)12-7-27-19(33)30(12)14-6-8(20(24,25)26)15-10(28-14)3-5-13(15)31/h2,4,6,12H,3,5,7H2,1H3,(H,27,33)/t12-/m0/s1. The van der Waals surface area contributed by atoms with Gasteiger partial charge in [0.25, 0.3) is 5.91 Å². The molecule has 1 aromatic heterocycles. The molecule has 1 fully saturated rings. The maximum atomic E-state index is 14.4. The van der Waals surface area contributed by atoms with E-state index in [2.05, 4.69) is 10.3 Å². The third kappa shape index (κ3) is 3.77. The fourth-order valence-corrected chi connectivity index (χ4v) is 4.02. The van der Waals surface area contributed by atoms with Crippen LogP contribution in [0.5, 0.6) is 0 Å². The number of ketones is 1. The number of aryl methyl sites for hydroxylation is 1. The van der Waals surface area contributed by atoms with Gasteiger partial charge in [0, 0.05) is 20.0 Å². The molecular weight excluding hydrogens is 475 g/mol. The van der Waals surface area contributed by atoms with Crippen LogP contribution in [-0.2, 0) is 17.4 Å². The van der Waals surface area contributed by atoms with Crippen molar-refractivity contribution in [3.8, 4) is 0 Å². The number of halogens is 6. The van der Waals surface area contributed by atoms with Crippen LogP contribution in [0.2, 0.25) is 5.02 Å². The molecule has 1 aliphatic heterocycles. The van der Waals surface area contributed by atoms with Crippen molar-refractivity contribution in [2.45, 2.75) is 25.1 Å². The average Bonchev–Trinajstić information content (AvgIpc) is 3.32. The van der Waals surface area contributed by atoms with Crippen molar-refractivity contribution in [2.75, 3.05) is 23.4 Å². The normalized spacial score (nSPS) is 17.9. The van der Waals surface area contributed by atoms with E-state index in [0.717, 1.165) is 29.0 Å². The minimum absolute atomic E-state index is 0.0433. The van der Waals surface area contributed by atoms with Crippen LogP contribution in [0.25, 0.3) is 0 Å². The third-order valence-corrected chi connectivity index (χ3v) is 5.82. The van der Waals surface area contributed by atoms with Crippen LogP contribution in [0.1, 0.15) is 28.0 Å². The lowest BCUT2D eigenvalue weighted by Gasteiger charge is -2.27. The van der Waals surface area contributed by atoms with Crippen LogP contribution in [-0.4, -0.2) is 42.3 Å². The Bertz CT molecular complexity index is 1200. The van der Waals surface area contributed by atoms with Gasteiger partial charge < -0.3 is 10.2 Å². The second-order valence-corrected chi connectivity index (χ2v) is 7.81. The molecule has 1 atom stereocenters. The number of benzene rings is 1. The van der Waals surface area contributed by atoms with E-state index in [0.29, 0.717) is 6.07 Å². The smallest absolute Gasteiger partial charge is 0.335 e. The van der Waals surface area contributed by atoms with E-state index in [-0.39, 0.29) is 25.1 Å². The largest absolute Gasteiger partial charge is 0.417 e. The number of hydrogen-bond donors (Lipinski definition) is 1. The van der Waals surface area contributed by atoms with Crippen molar-refractivity contribution in [3.05, 3.63) is 51.7 Å². The molecular formula is C20H14ClF5N4O3. The molecule has 3 amide bonds. The Kier molecular flexibility index (Phi) is 5.51. The molecule has 0 bridgehead atoms. The highest BCUT2D eigenvalue weighted by Crippen LogP contribution is 2.39. The topological polar surface area (TPSA) is 82.6 Å². The number of Topliss-reactive ketones (excluding diaryl/α,β-unsaturated/α-hetero) is 1. The third-order valence-electron chi connectivity index (χ3n) is 5.47. The first kappa shape index (κ1) is 22.9. The van der Waals surface area contributed by atoms with Crippen LogP contribution in [0.15, 0.2) is 18.2 Å². The molecule has 7 nitrogen and oxygen atoms in total. The number of rotatable bonds is 3. The molecule has 13 heteroatoms. The maximum Gasteiger partial charge on any atom is 0.417 e. The summed E-state index contributed by atoms with van der Waals surface area (Å²) in [5, 5.41) is 1.50. The molecule has 1 saturated heterocycles. The predicted octanol–water partition coefficient (Wildman–Crippen LogP) is 3.72. The zero-order valence-electron chi connectivity index (χ0n) is 16.8. The molecule has 0 spiro atoms. The van der Waals surface area contributed by atoms with Crippen molar-refractivity contribution in [2.24, 2.45) is 0 Å². The highest BCUT2D eigenvalue weighted by Gasteiger charge is 2.44. The first-order valence-electron chi connectivity index (χ1n) is 9.54. The Morgan fingerprint density at radius 2 is 1.94 bits per heavy atom. The number of anilines is 2. The molecule has 0 unspecified atom stereocenters. The van der Waals surface area contributed by atoms with Gasteiger partial charge in [-0.25, -0.2) is 18.6 Å². The van der Waals surface area contributed by atoms with Gasteiger partial charge in [0.05, 0.1) is 22.5 Å². The van der Waals surface area contributed by atoms with Gasteiger partial charge in [-0.15, -0.1) is 0 Å². The van der Waals surface area contributed by atoms with Crippen molar-refractivity contribution in [1.29, 1.82) is 0 Å². The molecule has 2 aliphatic rings. The van der Waals surface area contributed by atoms with E-state index in [1.165, 1.54) is 0 Å². The van der Waals surface area contributed by atoms with Gasteiger partial charge in [0.2, 0.25) is 0 Å². The summed E-state index contributed by atoms with van der Waals surface area (Å²) >= 11 is 5.56. The fraction of sp³-hybridized carbons (Fsp3) is 0.300. The number of hydrogen-bond acceptors (Lipinski definition) is 4. The molecule has 0 saturated carbocycles. The molecule has 2 heterocycles. The zero-order chi connectivity index (χ0) is 24.2. The number of urea groups is 1. The molecule has 0 radical (unpaired) electrons. The minimum atomic E-state index is -4.90. The van der Waals surface area contributed by atoms with E-state index in [1.54, 1.807) is 0 Å². The van der Waals surface area contributed by atoms with E-state index >= 15 is 0 Å². The number of alkyl halides is 3. The summed E-state index contributed by atoms with van der Waals surface area (Å²) in [6.07, 6.45) is -5.10. The number of carbonyl (C=O) groups excluding carboxylic acids is 3. The molecule has 174 valence electrons.